The van der Waals surface area contributed by atoms with Gasteiger partial charge < -0.3 is 23.7 Å². The maximum absolute atomic E-state index is 10.6. The van der Waals surface area contributed by atoms with Gasteiger partial charge in [-0.15, -0.1) is 0 Å². The lowest BCUT2D eigenvalue weighted by Crippen LogP contribution is -2.19. The fraction of sp³-hybridized carbons (Fsp3) is 0.654. The number of cyclic esters (lactones) is 3. The monoisotopic (exact) mass is 482 g/mol. The Morgan fingerprint density at radius 2 is 1.24 bits per heavy atom. The molecule has 4 rings (SSSR count). The van der Waals surface area contributed by atoms with Crippen LogP contribution in [0, 0.1) is 23.7 Å². The van der Waals surface area contributed by atoms with E-state index < -0.39 is 11.9 Å². The van der Waals surface area contributed by atoms with Crippen LogP contribution >= 0.6 is 0 Å². The third-order valence-corrected chi connectivity index (χ3v) is 4.98. The molecule has 4 fully saturated rings. The minimum absolute atomic E-state index is 0. The predicted octanol–water partition coefficient (Wildman–Crippen LogP) is 5.29. The third-order valence-electron chi connectivity index (χ3n) is 4.98. The van der Waals surface area contributed by atoms with E-state index in [9.17, 15) is 14.4 Å². The van der Waals surface area contributed by atoms with Gasteiger partial charge in [0.2, 0.25) is 0 Å². The summed E-state index contributed by atoms with van der Waals surface area (Å²) in [6.07, 6.45) is 3.92. The number of ether oxygens (including phenoxy) is 5. The molecule has 0 aliphatic carbocycles. The predicted molar refractivity (Wildman–Crippen MR) is 129 cm³/mol. The molecule has 4 aliphatic rings. The Labute approximate surface area is 204 Å². The first-order valence-corrected chi connectivity index (χ1v) is 11.3. The van der Waals surface area contributed by atoms with Crippen molar-refractivity contribution < 1.29 is 38.1 Å². The number of hydrogen-bond acceptors (Lipinski definition) is 8. The first kappa shape index (κ1) is 31.2. The van der Waals surface area contributed by atoms with Crippen LogP contribution in [0.3, 0.4) is 0 Å². The molecule has 3 unspecified atom stereocenters. The summed E-state index contributed by atoms with van der Waals surface area (Å²) in [5.41, 5.74) is 0. The van der Waals surface area contributed by atoms with Gasteiger partial charge in [-0.05, 0) is 24.8 Å². The van der Waals surface area contributed by atoms with Crippen LogP contribution in [-0.2, 0) is 38.1 Å². The molecular formula is C26H42O8. The third kappa shape index (κ3) is 13.7. The van der Waals surface area contributed by atoms with Gasteiger partial charge in [0.05, 0.1) is 37.9 Å². The lowest BCUT2D eigenvalue weighted by atomic mass is 10.0. The van der Waals surface area contributed by atoms with Crippen molar-refractivity contribution in [3.8, 4) is 0 Å². The average Bonchev–Trinajstić information content (AvgIpc) is 3.02. The quantitative estimate of drug-likeness (QED) is 0.339. The van der Waals surface area contributed by atoms with Gasteiger partial charge in [0.25, 0.3) is 5.95 Å². The molecule has 0 aromatic rings. The van der Waals surface area contributed by atoms with Crippen LogP contribution in [0.2, 0.25) is 0 Å². The zero-order valence-electron chi connectivity index (χ0n) is 20.4. The smallest absolute Gasteiger partial charge is 0.316 e. The molecule has 0 aromatic carbocycles. The molecule has 4 aliphatic heterocycles. The van der Waals surface area contributed by atoms with Crippen LogP contribution in [0.4, 0.5) is 0 Å². The lowest BCUT2D eigenvalue weighted by Gasteiger charge is -2.21. The molecule has 4 saturated heterocycles. The van der Waals surface area contributed by atoms with Crippen LogP contribution < -0.4 is 0 Å². The number of carbonyl (C=O) groups is 3. The van der Waals surface area contributed by atoms with Gasteiger partial charge in [-0.2, -0.15) is 0 Å². The molecule has 0 spiro atoms. The summed E-state index contributed by atoms with van der Waals surface area (Å²) in [5, 5.41) is 0. The fourth-order valence-electron chi connectivity index (χ4n) is 2.96. The molecule has 0 radical (unpaired) electrons. The normalized spacial score (nSPS) is 26.2. The summed E-state index contributed by atoms with van der Waals surface area (Å²) < 4.78 is 24.1. The van der Waals surface area contributed by atoms with Crippen molar-refractivity contribution in [2.24, 2.45) is 23.7 Å². The highest BCUT2D eigenvalue weighted by Gasteiger charge is 2.28. The number of carbonyl (C=O) groups excluding carboxylic acids is 3. The van der Waals surface area contributed by atoms with Crippen molar-refractivity contribution in [1.29, 1.82) is 0 Å². The van der Waals surface area contributed by atoms with Gasteiger partial charge in [-0.3, -0.25) is 14.4 Å². The van der Waals surface area contributed by atoms with Gasteiger partial charge >= 0.3 is 17.9 Å². The van der Waals surface area contributed by atoms with Crippen molar-refractivity contribution in [2.45, 2.75) is 67.2 Å². The topological polar surface area (TPSA) is 97.4 Å². The number of esters is 3. The Morgan fingerprint density at radius 1 is 0.676 bits per heavy atom. The summed E-state index contributed by atoms with van der Waals surface area (Å²) in [5.74, 6) is 2.54. The minimum Gasteiger partial charge on any atom is -0.498 e. The van der Waals surface area contributed by atoms with Gasteiger partial charge in [-0.25, -0.2) is 0 Å². The van der Waals surface area contributed by atoms with E-state index in [2.05, 4.69) is 38.3 Å². The maximum atomic E-state index is 10.6. The minimum atomic E-state index is -0.400. The molecule has 0 N–H and O–H groups in total. The van der Waals surface area contributed by atoms with Gasteiger partial charge in [-0.1, -0.05) is 48.3 Å². The zero-order chi connectivity index (χ0) is 25.0. The SMILES string of the molecule is C.C=C1CC(C)CC(=O)O1.C=C1CCC(C)CO1.C=C1OCC(C)CO1.CC1CC(=O)OC1=O. The van der Waals surface area contributed by atoms with E-state index >= 15 is 0 Å². The highest BCUT2D eigenvalue weighted by atomic mass is 16.7. The van der Waals surface area contributed by atoms with E-state index in [0.717, 1.165) is 44.3 Å². The summed E-state index contributed by atoms with van der Waals surface area (Å²) in [7, 11) is 0. The molecule has 0 bridgehead atoms. The lowest BCUT2D eigenvalue weighted by molar-refractivity contribution is -0.153. The highest BCUT2D eigenvalue weighted by Crippen LogP contribution is 2.21. The van der Waals surface area contributed by atoms with Gasteiger partial charge in [0.1, 0.15) is 5.76 Å². The van der Waals surface area contributed by atoms with Crippen LogP contribution in [0.15, 0.2) is 37.2 Å². The second-order valence-electron chi connectivity index (χ2n) is 9.02. The first-order valence-electron chi connectivity index (χ1n) is 11.3. The summed E-state index contributed by atoms with van der Waals surface area (Å²) in [4.78, 5) is 31.2. The molecule has 194 valence electrons. The van der Waals surface area contributed by atoms with Crippen LogP contribution in [0.5, 0.6) is 0 Å². The van der Waals surface area contributed by atoms with Gasteiger partial charge in [0, 0.05) is 25.2 Å². The molecule has 8 nitrogen and oxygen atoms in total. The van der Waals surface area contributed by atoms with E-state index in [-0.39, 0.29) is 25.7 Å². The van der Waals surface area contributed by atoms with E-state index in [4.69, 9.17) is 18.9 Å². The number of allylic oxidation sites excluding steroid dienone is 2. The van der Waals surface area contributed by atoms with Crippen molar-refractivity contribution in [2.75, 3.05) is 19.8 Å². The Bertz CT molecular complexity index is 664. The summed E-state index contributed by atoms with van der Waals surface area (Å²) in [6, 6.07) is 0. The second kappa shape index (κ2) is 16.0. The van der Waals surface area contributed by atoms with Crippen molar-refractivity contribution >= 4 is 17.9 Å². The maximum Gasteiger partial charge on any atom is 0.316 e. The summed E-state index contributed by atoms with van der Waals surface area (Å²) in [6.45, 7) is 21.1. The van der Waals surface area contributed by atoms with E-state index in [1.54, 1.807) is 6.92 Å². The molecule has 0 aromatic heterocycles. The Kier molecular flexibility index (Phi) is 14.7. The molecule has 0 saturated carbocycles. The molecule has 4 heterocycles. The number of hydrogen-bond donors (Lipinski definition) is 0. The average molecular weight is 483 g/mol. The number of rotatable bonds is 0. The van der Waals surface area contributed by atoms with Crippen molar-refractivity contribution in [1.82, 2.24) is 0 Å². The van der Waals surface area contributed by atoms with E-state index in [1.165, 1.54) is 6.42 Å². The summed E-state index contributed by atoms with van der Waals surface area (Å²) >= 11 is 0. The largest absolute Gasteiger partial charge is 0.498 e. The van der Waals surface area contributed by atoms with Crippen molar-refractivity contribution in [3.05, 3.63) is 37.2 Å². The zero-order valence-corrected chi connectivity index (χ0v) is 20.4. The van der Waals surface area contributed by atoms with Crippen LogP contribution in [0.1, 0.15) is 67.2 Å². The van der Waals surface area contributed by atoms with E-state index in [1.807, 2.05) is 6.92 Å². The molecular weight excluding hydrogens is 440 g/mol. The highest BCUT2D eigenvalue weighted by molar-refractivity contribution is 5.94. The molecule has 3 atom stereocenters. The Hall–Kier alpha value is -2.77. The molecule has 8 heteroatoms. The van der Waals surface area contributed by atoms with Crippen molar-refractivity contribution in [3.63, 3.8) is 0 Å². The Morgan fingerprint density at radius 3 is 1.56 bits per heavy atom. The first-order chi connectivity index (χ1) is 15.5. The standard InChI is InChI=1S/C7H10O2.C7H12O.C6H10O2.C5H6O3.CH4/c1-5-3-6(2)9-7(8)4-5;1-6-3-4-7(2)8-5-6;1-5-3-7-6(2)8-4-5;1-3-2-4(6)8-5(3)7;/h5H,2-4H2,1H3;6H,2-5H2,1H3;5H,2-4H2,1H3;3H,2H2,1H3;1H4. The van der Waals surface area contributed by atoms with Crippen LogP contribution in [-0.4, -0.2) is 37.7 Å². The second-order valence-corrected chi connectivity index (χ2v) is 9.02. The molecule has 0 amide bonds. The fourth-order valence-corrected chi connectivity index (χ4v) is 2.96. The van der Waals surface area contributed by atoms with Gasteiger partial charge in [0.15, 0.2) is 0 Å². The molecule has 34 heavy (non-hydrogen) atoms. The van der Waals surface area contributed by atoms with E-state index in [0.29, 0.717) is 30.0 Å². The Balaban J connectivity index is 0.000000423. The van der Waals surface area contributed by atoms with Crippen LogP contribution in [0.25, 0.3) is 0 Å².